The van der Waals surface area contributed by atoms with Gasteiger partial charge in [0.25, 0.3) is 0 Å². The summed E-state index contributed by atoms with van der Waals surface area (Å²) in [5, 5.41) is 9.13. The van der Waals surface area contributed by atoms with Gasteiger partial charge in [0.1, 0.15) is 0 Å². The summed E-state index contributed by atoms with van der Waals surface area (Å²) < 4.78 is 0. The number of benzene rings is 3. The number of carbonyl (C=O) groups is 3. The Labute approximate surface area is 236 Å². The Balaban J connectivity index is 1.40. The molecule has 5 rings (SSSR count). The van der Waals surface area contributed by atoms with Crippen LogP contribution in [-0.4, -0.2) is 34.8 Å². The third kappa shape index (κ3) is 6.36. The van der Waals surface area contributed by atoms with E-state index in [2.05, 4.69) is 40.2 Å². The van der Waals surface area contributed by atoms with E-state index in [1.807, 2.05) is 68.1 Å². The first kappa shape index (κ1) is 27.4. The van der Waals surface area contributed by atoms with E-state index < -0.39 is 0 Å². The molecule has 2 atom stereocenters. The number of amides is 4. The monoisotopic (exact) mass is 538 g/mol. The van der Waals surface area contributed by atoms with Gasteiger partial charge in [0.2, 0.25) is 11.8 Å². The van der Waals surface area contributed by atoms with E-state index in [9.17, 15) is 14.4 Å². The molecule has 1 heterocycles. The van der Waals surface area contributed by atoms with Gasteiger partial charge in [0.05, 0.1) is 0 Å². The highest BCUT2D eigenvalue weighted by Crippen LogP contribution is 2.47. The van der Waals surface area contributed by atoms with Crippen LogP contribution in [0, 0.1) is 5.92 Å². The molecule has 3 aromatic carbocycles. The second-order valence-corrected chi connectivity index (χ2v) is 11.9. The molecule has 3 aromatic rings. The highest BCUT2D eigenvalue weighted by molar-refractivity contribution is 5.90. The minimum absolute atomic E-state index is 0.00285. The molecule has 0 saturated heterocycles. The molecule has 2 aliphatic rings. The standard InChI is InChI=1S/C33H38N4O3/c1-21(38)35-25-12-8-11-23(17-25)26-14-13-24(19-34-31(39)29-18-28(29)22-9-6-5-7-10-22)30-20-37(16-15-27(26)30)32(40)36-33(2,3)4/h5-14,17,28-29H,15-16,18-20H2,1-4H3,(H,34,39)(H,35,38)(H,36,40)/t28-,29?/m0/s1. The number of hydrogen-bond donors (Lipinski definition) is 3. The van der Waals surface area contributed by atoms with Crippen molar-refractivity contribution < 1.29 is 14.4 Å². The summed E-state index contributed by atoms with van der Waals surface area (Å²) in [5.74, 6) is 0.247. The predicted octanol–water partition coefficient (Wildman–Crippen LogP) is 5.60. The molecule has 1 saturated carbocycles. The largest absolute Gasteiger partial charge is 0.352 e. The molecule has 0 radical (unpaired) electrons. The number of carbonyl (C=O) groups excluding carboxylic acids is 3. The highest BCUT2D eigenvalue weighted by atomic mass is 16.2. The van der Waals surface area contributed by atoms with Crippen molar-refractivity contribution in [1.82, 2.24) is 15.5 Å². The fraction of sp³-hybridized carbons (Fsp3) is 0.364. The number of nitrogens with one attached hydrogen (secondary N) is 3. The molecular weight excluding hydrogens is 500 g/mol. The van der Waals surface area contributed by atoms with E-state index in [1.54, 1.807) is 0 Å². The molecule has 1 aliphatic carbocycles. The molecule has 0 aromatic heterocycles. The summed E-state index contributed by atoms with van der Waals surface area (Å²) in [7, 11) is 0. The van der Waals surface area contributed by atoms with Gasteiger partial charge in [-0.1, -0.05) is 54.6 Å². The highest BCUT2D eigenvalue weighted by Gasteiger charge is 2.43. The Hall–Kier alpha value is -4.13. The maximum atomic E-state index is 13.1. The van der Waals surface area contributed by atoms with Gasteiger partial charge in [-0.05, 0) is 85.0 Å². The molecule has 40 heavy (non-hydrogen) atoms. The van der Waals surface area contributed by atoms with Crippen LogP contribution in [0.25, 0.3) is 11.1 Å². The maximum absolute atomic E-state index is 13.1. The average Bonchev–Trinajstić information content (AvgIpc) is 3.72. The van der Waals surface area contributed by atoms with E-state index in [0.717, 1.165) is 34.4 Å². The Kier molecular flexibility index (Phi) is 7.66. The third-order valence-electron chi connectivity index (χ3n) is 7.58. The van der Waals surface area contributed by atoms with E-state index in [4.69, 9.17) is 0 Å². The van der Waals surface area contributed by atoms with E-state index in [0.29, 0.717) is 26.1 Å². The molecule has 0 spiro atoms. The zero-order valence-electron chi connectivity index (χ0n) is 23.7. The smallest absolute Gasteiger partial charge is 0.318 e. The minimum atomic E-state index is -0.334. The number of hydrogen-bond acceptors (Lipinski definition) is 3. The third-order valence-corrected chi connectivity index (χ3v) is 7.58. The Bertz CT molecular complexity index is 1430. The lowest BCUT2D eigenvalue weighted by molar-refractivity contribution is -0.122. The van der Waals surface area contributed by atoms with Gasteiger partial charge in [-0.3, -0.25) is 9.59 Å². The van der Waals surface area contributed by atoms with Crippen LogP contribution < -0.4 is 16.0 Å². The first-order valence-electron chi connectivity index (χ1n) is 14.0. The van der Waals surface area contributed by atoms with Crippen molar-refractivity contribution in [3.05, 3.63) is 89.0 Å². The van der Waals surface area contributed by atoms with Crippen molar-refractivity contribution in [3.63, 3.8) is 0 Å². The normalized spacial score (nSPS) is 17.9. The summed E-state index contributed by atoms with van der Waals surface area (Å²) in [6.07, 6.45) is 1.57. The zero-order chi connectivity index (χ0) is 28.4. The van der Waals surface area contributed by atoms with Crippen LogP contribution in [0.1, 0.15) is 62.3 Å². The molecule has 1 unspecified atom stereocenters. The molecule has 7 heteroatoms. The van der Waals surface area contributed by atoms with Gasteiger partial charge in [-0.2, -0.15) is 0 Å². The Morgan fingerprint density at radius 1 is 0.950 bits per heavy atom. The summed E-state index contributed by atoms with van der Waals surface area (Å²) in [6, 6.07) is 22.1. The Morgan fingerprint density at radius 3 is 2.45 bits per heavy atom. The van der Waals surface area contributed by atoms with Crippen molar-refractivity contribution in [1.29, 1.82) is 0 Å². The van der Waals surface area contributed by atoms with Gasteiger partial charge in [0.15, 0.2) is 0 Å². The molecule has 1 aliphatic heterocycles. The maximum Gasteiger partial charge on any atom is 0.318 e. The van der Waals surface area contributed by atoms with Crippen molar-refractivity contribution in [3.8, 4) is 11.1 Å². The summed E-state index contributed by atoms with van der Waals surface area (Å²) in [4.78, 5) is 39.6. The van der Waals surface area contributed by atoms with Crippen molar-refractivity contribution in [2.75, 3.05) is 11.9 Å². The van der Waals surface area contributed by atoms with Crippen molar-refractivity contribution in [2.45, 2.75) is 65.1 Å². The molecule has 208 valence electrons. The molecule has 4 amide bonds. The van der Waals surface area contributed by atoms with Gasteiger partial charge in [0, 0.05) is 43.7 Å². The van der Waals surface area contributed by atoms with E-state index >= 15 is 0 Å². The van der Waals surface area contributed by atoms with Crippen LogP contribution in [0.3, 0.4) is 0 Å². The lowest BCUT2D eigenvalue weighted by Crippen LogP contribution is -2.50. The summed E-state index contributed by atoms with van der Waals surface area (Å²) in [6.45, 7) is 8.92. The number of fused-ring (bicyclic) bond motifs is 1. The van der Waals surface area contributed by atoms with Crippen LogP contribution in [-0.2, 0) is 29.1 Å². The fourth-order valence-electron chi connectivity index (χ4n) is 5.58. The summed E-state index contributed by atoms with van der Waals surface area (Å²) in [5.41, 5.74) is 7.00. The SMILES string of the molecule is CC(=O)Nc1cccc(-c2ccc(CNC(=O)C3C[C@H]3c3ccccc3)c3c2CCN(C(=O)NC(C)(C)C)C3)c1. The van der Waals surface area contributed by atoms with Crippen LogP contribution in [0.15, 0.2) is 66.7 Å². The Morgan fingerprint density at radius 2 is 1.73 bits per heavy atom. The second kappa shape index (κ2) is 11.2. The first-order valence-corrected chi connectivity index (χ1v) is 14.0. The number of urea groups is 1. The van der Waals surface area contributed by atoms with Crippen LogP contribution in [0.5, 0.6) is 0 Å². The quantitative estimate of drug-likeness (QED) is 0.382. The van der Waals surface area contributed by atoms with Gasteiger partial charge in [-0.25, -0.2) is 4.79 Å². The lowest BCUT2D eigenvalue weighted by Gasteiger charge is -2.34. The zero-order valence-corrected chi connectivity index (χ0v) is 23.7. The first-order chi connectivity index (χ1) is 19.1. The van der Waals surface area contributed by atoms with Gasteiger partial charge >= 0.3 is 6.03 Å². The van der Waals surface area contributed by atoms with E-state index in [-0.39, 0.29) is 35.2 Å². The molecular formula is C33H38N4O3. The van der Waals surface area contributed by atoms with Crippen LogP contribution >= 0.6 is 0 Å². The fourth-order valence-corrected chi connectivity index (χ4v) is 5.58. The molecule has 0 bridgehead atoms. The van der Waals surface area contributed by atoms with E-state index in [1.165, 1.54) is 18.1 Å². The van der Waals surface area contributed by atoms with Gasteiger partial charge < -0.3 is 20.9 Å². The molecule has 3 N–H and O–H groups in total. The molecule has 7 nitrogen and oxygen atoms in total. The number of anilines is 1. The minimum Gasteiger partial charge on any atom is -0.352 e. The number of rotatable bonds is 6. The molecule has 1 fully saturated rings. The van der Waals surface area contributed by atoms with Crippen molar-refractivity contribution in [2.24, 2.45) is 5.92 Å². The second-order valence-electron chi connectivity index (χ2n) is 11.9. The predicted molar refractivity (Wildman–Crippen MR) is 158 cm³/mol. The van der Waals surface area contributed by atoms with Gasteiger partial charge in [-0.15, -0.1) is 0 Å². The average molecular weight is 539 g/mol. The van der Waals surface area contributed by atoms with Crippen LogP contribution in [0.4, 0.5) is 10.5 Å². The topological polar surface area (TPSA) is 90.5 Å². The van der Waals surface area contributed by atoms with Crippen molar-refractivity contribution >= 4 is 23.5 Å². The summed E-state index contributed by atoms with van der Waals surface area (Å²) >= 11 is 0. The lowest BCUT2D eigenvalue weighted by atomic mass is 9.87. The van der Waals surface area contributed by atoms with Crippen LogP contribution in [0.2, 0.25) is 0 Å². The number of nitrogens with zero attached hydrogens (tertiary/aromatic N) is 1.